The fourth-order valence-electron chi connectivity index (χ4n) is 3.65. The molecule has 7 nitrogen and oxygen atoms in total. The Kier molecular flexibility index (Phi) is 6.18. The summed E-state index contributed by atoms with van der Waals surface area (Å²) in [5.74, 6) is 0.990. The summed E-state index contributed by atoms with van der Waals surface area (Å²) in [6, 6.07) is 17.1. The second kappa shape index (κ2) is 9.18. The average Bonchev–Trinajstić information content (AvgIpc) is 3.47. The van der Waals surface area contributed by atoms with Crippen LogP contribution in [0.4, 0.5) is 5.69 Å². The van der Waals surface area contributed by atoms with E-state index >= 15 is 0 Å². The maximum atomic E-state index is 12.5. The quantitative estimate of drug-likeness (QED) is 0.397. The van der Waals surface area contributed by atoms with Gasteiger partial charge in [0.25, 0.3) is 5.91 Å². The second-order valence-corrected chi connectivity index (χ2v) is 8.29. The molecule has 1 heterocycles. The third-order valence-corrected chi connectivity index (χ3v) is 6.17. The lowest BCUT2D eigenvalue weighted by Crippen LogP contribution is -2.19. The number of primary amides is 1. The fraction of sp³-hybridized carbons (Fsp3) is 0.217. The van der Waals surface area contributed by atoms with Gasteiger partial charge in [-0.1, -0.05) is 60.3 Å². The van der Waals surface area contributed by atoms with E-state index in [0.717, 1.165) is 12.2 Å². The van der Waals surface area contributed by atoms with Crippen molar-refractivity contribution in [1.29, 1.82) is 0 Å². The first kappa shape index (κ1) is 20.9. The number of allylic oxidation sites excluding steroid dienone is 1. The Hall–Kier alpha value is -3.39. The molecule has 3 N–H and O–H groups in total. The summed E-state index contributed by atoms with van der Waals surface area (Å²) in [5, 5.41) is 12.2. The molecule has 1 aromatic heterocycles. The summed E-state index contributed by atoms with van der Waals surface area (Å²) in [4.78, 5) is 24.0. The van der Waals surface area contributed by atoms with Gasteiger partial charge in [0.1, 0.15) is 5.82 Å². The summed E-state index contributed by atoms with van der Waals surface area (Å²) < 4.78 is 2.02. The van der Waals surface area contributed by atoms with E-state index in [0.29, 0.717) is 29.2 Å². The van der Waals surface area contributed by atoms with Crippen LogP contribution in [-0.2, 0) is 11.3 Å². The molecule has 1 aliphatic rings. The number of hydrogen-bond acceptors (Lipinski definition) is 5. The van der Waals surface area contributed by atoms with Gasteiger partial charge in [0.05, 0.1) is 17.0 Å². The van der Waals surface area contributed by atoms with E-state index in [1.54, 1.807) is 30.3 Å². The summed E-state index contributed by atoms with van der Waals surface area (Å²) in [7, 11) is 0. The Balaban J connectivity index is 1.43. The minimum absolute atomic E-state index is 0.134. The van der Waals surface area contributed by atoms with Gasteiger partial charge in [0.15, 0.2) is 5.16 Å². The van der Waals surface area contributed by atoms with Gasteiger partial charge in [-0.05, 0) is 30.0 Å². The molecular weight excluding hydrogens is 410 g/mol. The van der Waals surface area contributed by atoms with E-state index in [4.69, 9.17) is 5.73 Å². The molecule has 4 rings (SSSR count). The van der Waals surface area contributed by atoms with Crippen molar-refractivity contribution >= 4 is 29.3 Å². The molecule has 2 atom stereocenters. The number of nitrogens with zero attached hydrogens (tertiary/aromatic N) is 3. The number of thioether (sulfide) groups is 1. The highest BCUT2D eigenvalue weighted by Gasteiger charge is 2.43. The Labute approximate surface area is 184 Å². The predicted octanol–water partition coefficient (Wildman–Crippen LogP) is 3.56. The predicted molar refractivity (Wildman–Crippen MR) is 121 cm³/mol. The largest absolute Gasteiger partial charge is 0.366 e. The van der Waals surface area contributed by atoms with Crippen molar-refractivity contribution < 1.29 is 9.59 Å². The highest BCUT2D eigenvalue weighted by molar-refractivity contribution is 7.99. The van der Waals surface area contributed by atoms with Crippen LogP contribution in [0.15, 0.2) is 72.4 Å². The third kappa shape index (κ3) is 4.69. The molecule has 158 valence electrons. The van der Waals surface area contributed by atoms with Crippen molar-refractivity contribution in [3.63, 3.8) is 0 Å². The maximum absolute atomic E-state index is 12.5. The highest BCUT2D eigenvalue weighted by Crippen LogP contribution is 2.54. The zero-order valence-electron chi connectivity index (χ0n) is 16.9. The highest BCUT2D eigenvalue weighted by atomic mass is 32.2. The van der Waals surface area contributed by atoms with Crippen molar-refractivity contribution in [2.45, 2.75) is 30.0 Å². The van der Waals surface area contributed by atoms with Gasteiger partial charge >= 0.3 is 0 Å². The summed E-state index contributed by atoms with van der Waals surface area (Å²) in [6.45, 7) is 4.42. The van der Waals surface area contributed by atoms with Crippen LogP contribution in [0.25, 0.3) is 0 Å². The van der Waals surface area contributed by atoms with Gasteiger partial charge in [-0.2, -0.15) is 0 Å². The van der Waals surface area contributed by atoms with Crippen molar-refractivity contribution in [2.24, 2.45) is 5.73 Å². The van der Waals surface area contributed by atoms with Crippen molar-refractivity contribution in [2.75, 3.05) is 11.1 Å². The Morgan fingerprint density at radius 1 is 1.13 bits per heavy atom. The number of nitrogens with two attached hydrogens (primary N) is 1. The summed E-state index contributed by atoms with van der Waals surface area (Å²) in [6.07, 6.45) is 2.84. The summed E-state index contributed by atoms with van der Waals surface area (Å²) >= 11 is 1.31. The van der Waals surface area contributed by atoms with Gasteiger partial charge in [-0.25, -0.2) is 0 Å². The van der Waals surface area contributed by atoms with Crippen LogP contribution in [-0.4, -0.2) is 32.3 Å². The minimum Gasteiger partial charge on any atom is -0.366 e. The van der Waals surface area contributed by atoms with Crippen molar-refractivity contribution in [3.05, 3.63) is 84.2 Å². The smallest absolute Gasteiger partial charge is 0.250 e. The molecule has 2 amide bonds. The molecule has 0 radical (unpaired) electrons. The van der Waals surface area contributed by atoms with Gasteiger partial charge in [0.2, 0.25) is 5.91 Å². The lowest BCUT2D eigenvalue weighted by Gasteiger charge is -2.10. The lowest BCUT2D eigenvalue weighted by molar-refractivity contribution is -0.113. The number of nitrogens with one attached hydrogen (secondary N) is 1. The lowest BCUT2D eigenvalue weighted by atomic mass is 10.1. The molecule has 0 spiro atoms. The number of amides is 2. The number of carbonyl (C=O) groups excluding carboxylic acids is 2. The number of benzene rings is 2. The average molecular weight is 434 g/mol. The van der Waals surface area contributed by atoms with Crippen molar-refractivity contribution in [1.82, 2.24) is 14.8 Å². The number of aromatic nitrogens is 3. The number of rotatable bonds is 9. The molecular formula is C23H23N5O2S. The second-order valence-electron chi connectivity index (χ2n) is 7.35. The molecule has 1 aliphatic carbocycles. The van der Waals surface area contributed by atoms with E-state index in [9.17, 15) is 9.59 Å². The van der Waals surface area contributed by atoms with Crippen LogP contribution in [0.5, 0.6) is 0 Å². The zero-order valence-corrected chi connectivity index (χ0v) is 17.7. The molecule has 8 heteroatoms. The normalized spacial score (nSPS) is 17.2. The van der Waals surface area contributed by atoms with E-state index in [2.05, 4.69) is 46.4 Å². The number of anilines is 1. The standard InChI is InChI=1S/C23H23N5O2S/c1-2-12-28-22(18-13-17(18)15-8-4-3-5-9-15)26-27-23(28)31-14-20(29)25-19-11-7-6-10-16(19)21(24)30/h2-11,17-18H,1,12-14H2,(H2,24,30)(H,25,29). The van der Waals surface area contributed by atoms with Gasteiger partial charge in [-0.3, -0.25) is 9.59 Å². The Morgan fingerprint density at radius 3 is 2.61 bits per heavy atom. The van der Waals surface area contributed by atoms with Crippen LogP contribution in [0.2, 0.25) is 0 Å². The molecule has 2 unspecified atom stereocenters. The number of hydrogen-bond donors (Lipinski definition) is 2. The number of para-hydroxylation sites is 1. The van der Waals surface area contributed by atoms with Crippen molar-refractivity contribution in [3.8, 4) is 0 Å². The topological polar surface area (TPSA) is 103 Å². The number of carbonyl (C=O) groups is 2. The van der Waals surface area contributed by atoms with Crippen LogP contribution in [0.3, 0.4) is 0 Å². The van der Waals surface area contributed by atoms with Crippen LogP contribution >= 0.6 is 11.8 Å². The Bertz CT molecular complexity index is 1110. The SMILES string of the molecule is C=CCn1c(SCC(=O)Nc2ccccc2C(N)=O)nnc1C1CC1c1ccccc1. The first-order chi connectivity index (χ1) is 15.1. The minimum atomic E-state index is -0.587. The first-order valence-electron chi connectivity index (χ1n) is 9.99. The third-order valence-electron chi connectivity index (χ3n) is 5.21. The van der Waals surface area contributed by atoms with Gasteiger partial charge in [-0.15, -0.1) is 16.8 Å². The molecule has 1 fully saturated rings. The molecule has 31 heavy (non-hydrogen) atoms. The van der Waals surface area contributed by atoms with E-state index in [1.807, 2.05) is 10.6 Å². The van der Waals surface area contributed by atoms with E-state index in [-0.39, 0.29) is 17.2 Å². The first-order valence-corrected chi connectivity index (χ1v) is 11.0. The van der Waals surface area contributed by atoms with E-state index in [1.165, 1.54) is 17.3 Å². The molecule has 2 aromatic carbocycles. The van der Waals surface area contributed by atoms with Crippen LogP contribution < -0.4 is 11.1 Å². The van der Waals surface area contributed by atoms with Gasteiger partial charge in [0, 0.05) is 12.5 Å². The molecule has 0 aliphatic heterocycles. The molecule has 3 aromatic rings. The Morgan fingerprint density at radius 2 is 1.87 bits per heavy atom. The molecule has 0 bridgehead atoms. The van der Waals surface area contributed by atoms with Gasteiger partial charge < -0.3 is 15.6 Å². The monoisotopic (exact) mass is 433 g/mol. The molecule has 0 saturated heterocycles. The van der Waals surface area contributed by atoms with E-state index < -0.39 is 5.91 Å². The molecule has 1 saturated carbocycles. The van der Waals surface area contributed by atoms with Crippen LogP contribution in [0.1, 0.15) is 40.0 Å². The fourth-order valence-corrected chi connectivity index (χ4v) is 4.41. The zero-order chi connectivity index (χ0) is 21.8. The maximum Gasteiger partial charge on any atom is 0.250 e. The van der Waals surface area contributed by atoms with Crippen LogP contribution in [0, 0.1) is 0 Å². The summed E-state index contributed by atoms with van der Waals surface area (Å²) in [5.41, 5.74) is 7.36.